The molecule has 1 unspecified atom stereocenters. The van der Waals surface area contributed by atoms with Crippen LogP contribution in [-0.2, 0) is 12.0 Å². The fraction of sp³-hybridized carbons (Fsp3) is 0.450. The minimum absolute atomic E-state index is 0.318. The summed E-state index contributed by atoms with van der Waals surface area (Å²) in [4.78, 5) is 5.47. The van der Waals surface area contributed by atoms with Crippen LogP contribution in [-0.4, -0.2) is 37.8 Å². The maximum absolute atomic E-state index is 10.6. The quantitative estimate of drug-likeness (QED) is 0.358. The zero-order valence-corrected chi connectivity index (χ0v) is 16.6. The molecule has 1 atom stereocenters. The monoisotopic (exact) mass is 375 g/mol. The molecule has 5 nitrogen and oxygen atoms in total. The van der Waals surface area contributed by atoms with Gasteiger partial charge in [-0.15, -0.1) is 11.3 Å². The third-order valence-electron chi connectivity index (χ3n) is 4.01. The third-order valence-corrected chi connectivity index (χ3v) is 5.13. The van der Waals surface area contributed by atoms with E-state index >= 15 is 0 Å². The lowest BCUT2D eigenvalue weighted by Gasteiger charge is -2.20. The van der Waals surface area contributed by atoms with E-state index in [1.54, 1.807) is 25.4 Å². The van der Waals surface area contributed by atoms with Gasteiger partial charge in [0, 0.05) is 18.0 Å². The van der Waals surface area contributed by atoms with Crippen molar-refractivity contribution in [3.8, 4) is 5.75 Å². The Bertz CT molecular complexity index is 684. The standard InChI is InChI=1S/C20H29N3O2S/c1-4-21-19(23-15-20(2,24)18-11-7-13-26-18)22-12-6-9-16-8-5-10-17(14-16)25-3/h5,7-8,10-11,13-14,24H,4,6,9,12,15H2,1-3H3,(H2,21,22,23). The number of aliphatic hydroxyl groups is 1. The molecular formula is C20H29N3O2S. The van der Waals surface area contributed by atoms with Gasteiger partial charge in [-0.05, 0) is 55.8 Å². The van der Waals surface area contributed by atoms with Crippen LogP contribution < -0.4 is 15.4 Å². The summed E-state index contributed by atoms with van der Waals surface area (Å²) in [7, 11) is 1.69. The minimum Gasteiger partial charge on any atom is -0.497 e. The Hall–Kier alpha value is -2.05. The summed E-state index contributed by atoms with van der Waals surface area (Å²) in [5, 5.41) is 19.1. The summed E-state index contributed by atoms with van der Waals surface area (Å²) in [6.45, 7) is 5.74. The van der Waals surface area contributed by atoms with E-state index in [9.17, 15) is 5.11 Å². The Morgan fingerprint density at radius 2 is 2.12 bits per heavy atom. The third kappa shape index (κ3) is 6.35. The Labute approximate surface area is 160 Å². The molecule has 0 saturated heterocycles. The number of thiophene rings is 1. The van der Waals surface area contributed by atoms with Crippen LogP contribution in [0, 0.1) is 0 Å². The first-order chi connectivity index (χ1) is 12.5. The maximum Gasteiger partial charge on any atom is 0.191 e. The van der Waals surface area contributed by atoms with Gasteiger partial charge in [0.2, 0.25) is 0 Å². The van der Waals surface area contributed by atoms with Crippen molar-refractivity contribution < 1.29 is 9.84 Å². The van der Waals surface area contributed by atoms with E-state index in [-0.39, 0.29) is 0 Å². The van der Waals surface area contributed by atoms with Crippen molar-refractivity contribution in [1.29, 1.82) is 0 Å². The first-order valence-electron chi connectivity index (χ1n) is 8.96. The molecule has 3 N–H and O–H groups in total. The highest BCUT2D eigenvalue weighted by molar-refractivity contribution is 7.10. The highest BCUT2D eigenvalue weighted by atomic mass is 32.1. The molecule has 0 fully saturated rings. The smallest absolute Gasteiger partial charge is 0.191 e. The second kappa shape index (κ2) is 10.2. The average Bonchev–Trinajstić information content (AvgIpc) is 3.19. The van der Waals surface area contributed by atoms with Crippen LogP contribution in [0.2, 0.25) is 0 Å². The van der Waals surface area contributed by atoms with Gasteiger partial charge >= 0.3 is 0 Å². The second-order valence-corrected chi connectivity index (χ2v) is 7.28. The number of nitrogens with zero attached hydrogens (tertiary/aromatic N) is 1. The number of benzene rings is 1. The average molecular weight is 376 g/mol. The van der Waals surface area contributed by atoms with Gasteiger partial charge in [-0.25, -0.2) is 4.99 Å². The molecule has 6 heteroatoms. The summed E-state index contributed by atoms with van der Waals surface area (Å²) in [6.07, 6.45) is 1.95. The van der Waals surface area contributed by atoms with Gasteiger partial charge in [0.25, 0.3) is 0 Å². The van der Waals surface area contributed by atoms with Crippen LogP contribution in [0.1, 0.15) is 30.7 Å². The Kier molecular flexibility index (Phi) is 7.94. The predicted octanol–water partition coefficient (Wildman–Crippen LogP) is 3.15. The van der Waals surface area contributed by atoms with E-state index < -0.39 is 5.60 Å². The molecule has 0 bridgehead atoms. The second-order valence-electron chi connectivity index (χ2n) is 6.33. The Morgan fingerprint density at radius 3 is 2.81 bits per heavy atom. The minimum atomic E-state index is -0.947. The first-order valence-corrected chi connectivity index (χ1v) is 9.84. The van der Waals surface area contributed by atoms with E-state index in [0.717, 1.165) is 42.5 Å². The Balaban J connectivity index is 1.83. The van der Waals surface area contributed by atoms with E-state index in [4.69, 9.17) is 4.74 Å². The summed E-state index contributed by atoms with van der Waals surface area (Å²) in [6, 6.07) is 12.0. The van der Waals surface area contributed by atoms with Crippen LogP contribution in [0.3, 0.4) is 0 Å². The fourth-order valence-corrected chi connectivity index (χ4v) is 3.34. The topological polar surface area (TPSA) is 65.9 Å². The molecule has 0 aliphatic carbocycles. The van der Waals surface area contributed by atoms with Crippen molar-refractivity contribution in [2.75, 3.05) is 26.7 Å². The van der Waals surface area contributed by atoms with E-state index in [1.165, 1.54) is 5.56 Å². The zero-order chi connectivity index (χ0) is 18.8. The number of methoxy groups -OCH3 is 1. The number of nitrogens with one attached hydrogen (secondary N) is 2. The Morgan fingerprint density at radius 1 is 1.27 bits per heavy atom. The van der Waals surface area contributed by atoms with Crippen molar-refractivity contribution in [2.45, 2.75) is 32.3 Å². The highest BCUT2D eigenvalue weighted by Gasteiger charge is 2.23. The van der Waals surface area contributed by atoms with Crippen LogP contribution in [0.5, 0.6) is 5.75 Å². The molecule has 0 aliphatic heterocycles. The number of rotatable bonds is 9. The molecule has 1 aromatic heterocycles. The largest absolute Gasteiger partial charge is 0.497 e. The zero-order valence-electron chi connectivity index (χ0n) is 15.8. The summed E-state index contributed by atoms with van der Waals surface area (Å²) in [5.74, 6) is 1.62. The fourth-order valence-electron chi connectivity index (χ4n) is 2.56. The normalized spacial score (nSPS) is 13.9. The van der Waals surface area contributed by atoms with Crippen molar-refractivity contribution in [3.63, 3.8) is 0 Å². The molecule has 2 aromatic rings. The van der Waals surface area contributed by atoms with E-state index in [2.05, 4.69) is 27.8 Å². The number of guanidine groups is 1. The number of aryl methyl sites for hydroxylation is 1. The molecule has 0 radical (unpaired) electrons. The summed E-state index contributed by atoms with van der Waals surface area (Å²) >= 11 is 1.55. The number of aliphatic imine (C=N–C) groups is 1. The molecular weight excluding hydrogens is 346 g/mol. The van der Waals surface area contributed by atoms with Crippen molar-refractivity contribution in [2.24, 2.45) is 4.99 Å². The molecule has 0 saturated carbocycles. The van der Waals surface area contributed by atoms with Gasteiger partial charge in [-0.1, -0.05) is 18.2 Å². The summed E-state index contributed by atoms with van der Waals surface area (Å²) < 4.78 is 5.26. The predicted molar refractivity (Wildman–Crippen MR) is 109 cm³/mol. The van der Waals surface area contributed by atoms with Gasteiger partial charge < -0.3 is 20.5 Å². The number of hydrogen-bond acceptors (Lipinski definition) is 4. The van der Waals surface area contributed by atoms with Gasteiger partial charge in [0.15, 0.2) is 5.96 Å². The summed E-state index contributed by atoms with van der Waals surface area (Å²) in [5.41, 5.74) is 0.311. The van der Waals surface area contributed by atoms with Gasteiger partial charge in [-0.3, -0.25) is 0 Å². The van der Waals surface area contributed by atoms with Gasteiger partial charge in [0.1, 0.15) is 11.4 Å². The van der Waals surface area contributed by atoms with Crippen LogP contribution in [0.15, 0.2) is 46.8 Å². The molecule has 1 aromatic carbocycles. The molecule has 0 amide bonds. The molecule has 26 heavy (non-hydrogen) atoms. The lowest BCUT2D eigenvalue weighted by molar-refractivity contribution is 0.0711. The molecule has 2 rings (SSSR count). The lowest BCUT2D eigenvalue weighted by atomic mass is 10.1. The highest BCUT2D eigenvalue weighted by Crippen LogP contribution is 2.25. The van der Waals surface area contributed by atoms with Crippen LogP contribution in [0.4, 0.5) is 0 Å². The molecule has 0 aliphatic rings. The number of ether oxygens (including phenoxy) is 1. The maximum atomic E-state index is 10.6. The SMILES string of the molecule is CCNC(=NCC(C)(O)c1cccs1)NCCCc1cccc(OC)c1. The van der Waals surface area contributed by atoms with Crippen LogP contribution in [0.25, 0.3) is 0 Å². The van der Waals surface area contributed by atoms with E-state index in [1.807, 2.05) is 36.6 Å². The van der Waals surface area contributed by atoms with Crippen molar-refractivity contribution in [1.82, 2.24) is 10.6 Å². The lowest BCUT2D eigenvalue weighted by Crippen LogP contribution is -2.39. The van der Waals surface area contributed by atoms with E-state index in [0.29, 0.717) is 6.54 Å². The van der Waals surface area contributed by atoms with Crippen molar-refractivity contribution in [3.05, 3.63) is 52.2 Å². The molecule has 0 spiro atoms. The molecule has 1 heterocycles. The first kappa shape index (κ1) is 20.3. The number of hydrogen-bond donors (Lipinski definition) is 3. The molecule has 142 valence electrons. The van der Waals surface area contributed by atoms with Gasteiger partial charge in [-0.2, -0.15) is 0 Å². The van der Waals surface area contributed by atoms with Crippen molar-refractivity contribution >= 4 is 17.3 Å². The van der Waals surface area contributed by atoms with Crippen LogP contribution >= 0.6 is 11.3 Å². The van der Waals surface area contributed by atoms with Gasteiger partial charge in [0.05, 0.1) is 13.7 Å².